The maximum Gasteiger partial charge on any atom is 0.127 e. The summed E-state index contributed by atoms with van der Waals surface area (Å²) < 4.78 is 20.6. The molecule has 0 saturated carbocycles. The van der Waals surface area contributed by atoms with Crippen molar-refractivity contribution in [3.8, 4) is 39.5 Å². The fourth-order valence-electron chi connectivity index (χ4n) is 5.43. The summed E-state index contributed by atoms with van der Waals surface area (Å²) in [7, 11) is 0. The van der Waals surface area contributed by atoms with Crippen molar-refractivity contribution < 1.29 is 9.13 Å². The van der Waals surface area contributed by atoms with E-state index in [1.807, 2.05) is 42.6 Å². The number of rotatable bonds is 7. The van der Waals surface area contributed by atoms with E-state index in [4.69, 9.17) is 4.74 Å². The molecule has 2 aromatic carbocycles. The predicted molar refractivity (Wildman–Crippen MR) is 151 cm³/mol. The molecule has 1 fully saturated rings. The van der Waals surface area contributed by atoms with Crippen molar-refractivity contribution in [3.63, 3.8) is 0 Å². The summed E-state index contributed by atoms with van der Waals surface area (Å²) in [6.45, 7) is 3.59. The molecule has 0 aliphatic carbocycles. The summed E-state index contributed by atoms with van der Waals surface area (Å²) in [5.41, 5.74) is 6.97. The second-order valence-electron chi connectivity index (χ2n) is 9.95. The summed E-state index contributed by atoms with van der Waals surface area (Å²) in [5.74, 6) is 0.166. The van der Waals surface area contributed by atoms with Crippen molar-refractivity contribution in [1.82, 2.24) is 30.0 Å². The monoisotopic (exact) mass is 518 g/mol. The van der Waals surface area contributed by atoms with Gasteiger partial charge in [0.25, 0.3) is 0 Å². The number of benzene rings is 2. The largest absolute Gasteiger partial charge is 0.492 e. The van der Waals surface area contributed by atoms with Gasteiger partial charge in [-0.3, -0.25) is 20.0 Å². The molecular weight excluding hydrogens is 491 g/mol. The average Bonchev–Trinajstić information content (AvgIpc) is 3.72. The molecule has 194 valence electrons. The number of nitrogens with zero attached hydrogens (tertiary/aromatic N) is 4. The molecule has 2 N–H and O–H groups in total. The normalized spacial score (nSPS) is 14.0. The number of halogens is 1. The molecular formula is C31H27FN6O. The molecule has 1 saturated heterocycles. The number of pyridine rings is 2. The van der Waals surface area contributed by atoms with Crippen LogP contribution >= 0.6 is 0 Å². The third kappa shape index (κ3) is 4.64. The maximum atomic E-state index is 14.7. The molecule has 39 heavy (non-hydrogen) atoms. The van der Waals surface area contributed by atoms with Gasteiger partial charge in [0.2, 0.25) is 0 Å². The molecule has 4 aromatic heterocycles. The third-order valence-electron chi connectivity index (χ3n) is 7.38. The number of H-pyrrole nitrogens is 2. The Labute approximate surface area is 224 Å². The Kier molecular flexibility index (Phi) is 6.01. The highest BCUT2D eigenvalue weighted by atomic mass is 19.1. The van der Waals surface area contributed by atoms with Crippen LogP contribution in [0.25, 0.3) is 55.6 Å². The number of likely N-dealkylation sites (tertiary alicyclic amines) is 1. The van der Waals surface area contributed by atoms with Crippen molar-refractivity contribution >= 4 is 21.8 Å². The zero-order valence-electron chi connectivity index (χ0n) is 21.3. The lowest BCUT2D eigenvalue weighted by Crippen LogP contribution is -2.25. The Morgan fingerprint density at radius 3 is 2.62 bits per heavy atom. The van der Waals surface area contributed by atoms with Crippen LogP contribution in [-0.2, 0) is 0 Å². The molecule has 0 atom stereocenters. The van der Waals surface area contributed by atoms with Gasteiger partial charge in [-0.1, -0.05) is 12.1 Å². The molecule has 1 aliphatic heterocycles. The molecule has 1 aliphatic rings. The van der Waals surface area contributed by atoms with E-state index in [0.717, 1.165) is 64.0 Å². The fraction of sp³-hybridized carbons (Fsp3) is 0.194. The first-order valence-corrected chi connectivity index (χ1v) is 13.2. The summed E-state index contributed by atoms with van der Waals surface area (Å²) in [4.78, 5) is 14.7. The van der Waals surface area contributed by atoms with Crippen LogP contribution in [0.2, 0.25) is 0 Å². The van der Waals surface area contributed by atoms with E-state index in [0.29, 0.717) is 23.6 Å². The van der Waals surface area contributed by atoms with Gasteiger partial charge >= 0.3 is 0 Å². The number of nitrogens with one attached hydrogen (secondary N) is 2. The molecule has 0 amide bonds. The van der Waals surface area contributed by atoms with Crippen LogP contribution < -0.4 is 4.74 Å². The standard InChI is InChI=1S/C31H27FN6O/c32-23-14-22(15-24(17-23)39-13-12-38-10-1-2-11-38)30-26-18-29(35-27(26)7-9-34-30)31-25-16-20(5-6-28(25)36-37-31)21-4-3-8-33-19-21/h3-9,14-19,35H,1-2,10-13H2,(H,36,37). The van der Waals surface area contributed by atoms with Crippen LogP contribution in [0.4, 0.5) is 4.39 Å². The van der Waals surface area contributed by atoms with Crippen LogP contribution in [0.1, 0.15) is 12.8 Å². The number of hydrogen-bond acceptors (Lipinski definition) is 5. The highest BCUT2D eigenvalue weighted by Crippen LogP contribution is 2.35. The third-order valence-corrected chi connectivity index (χ3v) is 7.38. The Morgan fingerprint density at radius 1 is 0.846 bits per heavy atom. The van der Waals surface area contributed by atoms with Gasteiger partial charge in [-0.25, -0.2) is 4.39 Å². The van der Waals surface area contributed by atoms with Gasteiger partial charge in [0.15, 0.2) is 0 Å². The molecule has 5 heterocycles. The Bertz CT molecular complexity index is 1770. The first-order chi connectivity index (χ1) is 19.2. The minimum absolute atomic E-state index is 0.348. The van der Waals surface area contributed by atoms with Crippen LogP contribution in [-0.4, -0.2) is 56.3 Å². The van der Waals surface area contributed by atoms with E-state index < -0.39 is 0 Å². The molecule has 0 radical (unpaired) electrons. The van der Waals surface area contributed by atoms with E-state index in [-0.39, 0.29) is 5.82 Å². The highest BCUT2D eigenvalue weighted by Gasteiger charge is 2.16. The highest BCUT2D eigenvalue weighted by molar-refractivity contribution is 6.00. The van der Waals surface area contributed by atoms with Crippen LogP contribution in [0.5, 0.6) is 5.75 Å². The summed E-state index contributed by atoms with van der Waals surface area (Å²) in [6.07, 6.45) is 7.82. The van der Waals surface area contributed by atoms with Gasteiger partial charge in [-0.05, 0) is 74.0 Å². The molecule has 7 nitrogen and oxygen atoms in total. The number of fused-ring (bicyclic) bond motifs is 2. The van der Waals surface area contributed by atoms with Gasteiger partial charge < -0.3 is 9.72 Å². The van der Waals surface area contributed by atoms with Crippen molar-refractivity contribution in [2.75, 3.05) is 26.2 Å². The predicted octanol–water partition coefficient (Wildman–Crippen LogP) is 6.45. The number of hydrogen-bond donors (Lipinski definition) is 2. The number of aromatic nitrogens is 5. The first-order valence-electron chi connectivity index (χ1n) is 13.2. The second kappa shape index (κ2) is 9.96. The van der Waals surface area contributed by atoms with E-state index in [1.54, 1.807) is 12.4 Å². The van der Waals surface area contributed by atoms with Gasteiger partial charge in [-0.15, -0.1) is 0 Å². The van der Waals surface area contributed by atoms with E-state index >= 15 is 0 Å². The van der Waals surface area contributed by atoms with Gasteiger partial charge in [-0.2, -0.15) is 5.10 Å². The molecule has 7 rings (SSSR count). The lowest BCUT2D eigenvalue weighted by Gasteiger charge is -2.15. The van der Waals surface area contributed by atoms with Crippen molar-refractivity contribution in [2.45, 2.75) is 12.8 Å². The van der Waals surface area contributed by atoms with Gasteiger partial charge in [0, 0.05) is 58.6 Å². The van der Waals surface area contributed by atoms with Crippen molar-refractivity contribution in [3.05, 3.63) is 85.1 Å². The summed E-state index contributed by atoms with van der Waals surface area (Å²) >= 11 is 0. The van der Waals surface area contributed by atoms with Gasteiger partial charge in [0.05, 0.1) is 16.9 Å². The quantitative estimate of drug-likeness (QED) is 0.254. The number of aromatic amines is 2. The smallest absolute Gasteiger partial charge is 0.127 e. The maximum absolute atomic E-state index is 14.7. The Morgan fingerprint density at radius 2 is 1.74 bits per heavy atom. The Hall–Kier alpha value is -4.56. The van der Waals surface area contributed by atoms with Crippen molar-refractivity contribution in [2.24, 2.45) is 0 Å². The molecule has 0 unspecified atom stereocenters. The lowest BCUT2D eigenvalue weighted by molar-refractivity contribution is 0.237. The summed E-state index contributed by atoms with van der Waals surface area (Å²) in [6, 6.07) is 18.9. The van der Waals surface area contributed by atoms with Crippen LogP contribution in [0.3, 0.4) is 0 Å². The van der Waals surface area contributed by atoms with E-state index in [2.05, 4.69) is 42.2 Å². The van der Waals surface area contributed by atoms with Crippen LogP contribution in [0, 0.1) is 5.82 Å². The fourth-order valence-corrected chi connectivity index (χ4v) is 5.43. The molecule has 6 aromatic rings. The molecule has 8 heteroatoms. The summed E-state index contributed by atoms with van der Waals surface area (Å²) in [5, 5.41) is 9.64. The van der Waals surface area contributed by atoms with E-state index in [9.17, 15) is 4.39 Å². The van der Waals surface area contributed by atoms with Gasteiger partial charge in [0.1, 0.15) is 23.9 Å². The first kappa shape index (κ1) is 23.5. The van der Waals surface area contributed by atoms with Crippen LogP contribution in [0.15, 0.2) is 79.3 Å². The number of ether oxygens (including phenoxy) is 1. The zero-order valence-corrected chi connectivity index (χ0v) is 21.3. The lowest BCUT2D eigenvalue weighted by atomic mass is 10.0. The SMILES string of the molecule is Fc1cc(OCCN2CCCC2)cc(-c2nccc3[nH]c(-c4n[nH]c5ccc(-c6cccnc6)cc45)cc23)c1. The van der Waals surface area contributed by atoms with Crippen molar-refractivity contribution in [1.29, 1.82) is 0 Å². The Balaban J connectivity index is 1.23. The zero-order chi connectivity index (χ0) is 26.2. The second-order valence-corrected chi connectivity index (χ2v) is 9.95. The molecule has 0 bridgehead atoms. The minimum atomic E-state index is -0.348. The minimum Gasteiger partial charge on any atom is -0.492 e. The average molecular weight is 519 g/mol. The topological polar surface area (TPSA) is 82.7 Å². The molecule has 0 spiro atoms. The van der Waals surface area contributed by atoms with E-state index in [1.165, 1.54) is 25.0 Å².